The maximum Gasteiger partial charge on any atom is 0.0596 e. The molecule has 0 spiro atoms. The standard InChI is InChI=1S/C14H23N5/c1-11-8-12(2)19(17-11)7-5-6-15-13(3)14-9-16-18(4)10-14/h8-10,13,15H,5-7H2,1-4H3. The Hall–Kier alpha value is -1.62. The molecular weight excluding hydrogens is 238 g/mol. The van der Waals surface area contributed by atoms with Gasteiger partial charge in [0.15, 0.2) is 0 Å². The van der Waals surface area contributed by atoms with Gasteiger partial charge in [0, 0.05) is 37.1 Å². The van der Waals surface area contributed by atoms with Crippen molar-refractivity contribution in [3.05, 3.63) is 35.4 Å². The minimum Gasteiger partial charge on any atom is -0.310 e. The average Bonchev–Trinajstić information content (AvgIpc) is 2.91. The van der Waals surface area contributed by atoms with Gasteiger partial charge in [-0.2, -0.15) is 10.2 Å². The molecular formula is C14H23N5. The Morgan fingerprint density at radius 3 is 2.74 bits per heavy atom. The minimum atomic E-state index is 0.342. The maximum atomic E-state index is 4.46. The van der Waals surface area contributed by atoms with Crippen LogP contribution >= 0.6 is 0 Å². The lowest BCUT2D eigenvalue weighted by Gasteiger charge is -2.12. The molecule has 0 radical (unpaired) electrons. The summed E-state index contributed by atoms with van der Waals surface area (Å²) in [7, 11) is 1.94. The van der Waals surface area contributed by atoms with E-state index in [1.54, 1.807) is 0 Å². The number of nitrogens with one attached hydrogen (secondary N) is 1. The first-order chi connectivity index (χ1) is 9.06. The van der Waals surface area contributed by atoms with E-state index in [1.165, 1.54) is 11.3 Å². The Bertz CT molecular complexity index is 526. The Kier molecular flexibility index (Phi) is 4.37. The first-order valence-electron chi connectivity index (χ1n) is 6.79. The van der Waals surface area contributed by atoms with Crippen molar-refractivity contribution in [2.24, 2.45) is 7.05 Å². The van der Waals surface area contributed by atoms with Crippen molar-refractivity contribution in [3.8, 4) is 0 Å². The van der Waals surface area contributed by atoms with Crippen molar-refractivity contribution in [1.29, 1.82) is 0 Å². The van der Waals surface area contributed by atoms with Crippen LogP contribution < -0.4 is 5.32 Å². The number of aryl methyl sites for hydroxylation is 4. The highest BCUT2D eigenvalue weighted by molar-refractivity contribution is 5.09. The van der Waals surface area contributed by atoms with Gasteiger partial charge in [-0.3, -0.25) is 9.36 Å². The number of nitrogens with zero attached hydrogens (tertiary/aromatic N) is 4. The summed E-state index contributed by atoms with van der Waals surface area (Å²) >= 11 is 0. The van der Waals surface area contributed by atoms with Crippen LogP contribution in [-0.4, -0.2) is 26.1 Å². The molecule has 1 atom stereocenters. The van der Waals surface area contributed by atoms with Crippen LogP contribution in [-0.2, 0) is 13.6 Å². The fourth-order valence-corrected chi connectivity index (χ4v) is 2.23. The summed E-state index contributed by atoms with van der Waals surface area (Å²) in [5, 5.41) is 12.2. The fraction of sp³-hybridized carbons (Fsp3) is 0.571. The SMILES string of the molecule is Cc1cc(C)n(CCCNC(C)c2cnn(C)c2)n1. The molecule has 0 bridgehead atoms. The second-order valence-corrected chi connectivity index (χ2v) is 5.13. The zero-order chi connectivity index (χ0) is 13.8. The predicted molar refractivity (Wildman–Crippen MR) is 75.9 cm³/mol. The van der Waals surface area contributed by atoms with E-state index in [-0.39, 0.29) is 0 Å². The minimum absolute atomic E-state index is 0.342. The van der Waals surface area contributed by atoms with Gasteiger partial charge in [0.25, 0.3) is 0 Å². The first kappa shape index (κ1) is 13.8. The van der Waals surface area contributed by atoms with E-state index in [0.29, 0.717) is 6.04 Å². The van der Waals surface area contributed by atoms with Gasteiger partial charge in [-0.1, -0.05) is 0 Å². The van der Waals surface area contributed by atoms with Crippen LogP contribution in [0.5, 0.6) is 0 Å². The van der Waals surface area contributed by atoms with Crippen molar-refractivity contribution < 1.29 is 0 Å². The highest BCUT2D eigenvalue weighted by atomic mass is 15.3. The summed E-state index contributed by atoms with van der Waals surface area (Å²) in [5.41, 5.74) is 3.56. The molecule has 2 heterocycles. The zero-order valence-electron chi connectivity index (χ0n) is 12.2. The molecule has 0 saturated heterocycles. The molecule has 0 fully saturated rings. The molecule has 5 nitrogen and oxygen atoms in total. The number of rotatable bonds is 6. The molecule has 0 saturated carbocycles. The number of hydrogen-bond donors (Lipinski definition) is 1. The molecule has 0 aliphatic carbocycles. The highest BCUT2D eigenvalue weighted by Crippen LogP contribution is 2.10. The summed E-state index contributed by atoms with van der Waals surface area (Å²) in [4.78, 5) is 0. The Labute approximate surface area is 114 Å². The topological polar surface area (TPSA) is 47.7 Å². The normalized spacial score (nSPS) is 12.8. The molecule has 2 rings (SSSR count). The third-order valence-corrected chi connectivity index (χ3v) is 3.33. The van der Waals surface area contributed by atoms with E-state index in [0.717, 1.165) is 25.2 Å². The summed E-state index contributed by atoms with van der Waals surface area (Å²) < 4.78 is 3.91. The van der Waals surface area contributed by atoms with E-state index in [4.69, 9.17) is 0 Å². The first-order valence-corrected chi connectivity index (χ1v) is 6.79. The average molecular weight is 261 g/mol. The van der Waals surface area contributed by atoms with E-state index in [9.17, 15) is 0 Å². The van der Waals surface area contributed by atoms with Crippen LogP contribution in [0.15, 0.2) is 18.5 Å². The van der Waals surface area contributed by atoms with Crippen molar-refractivity contribution in [2.45, 2.75) is 39.8 Å². The van der Waals surface area contributed by atoms with Gasteiger partial charge in [-0.05, 0) is 39.8 Å². The van der Waals surface area contributed by atoms with E-state index in [1.807, 2.05) is 24.9 Å². The third-order valence-electron chi connectivity index (χ3n) is 3.33. The van der Waals surface area contributed by atoms with Crippen LogP contribution in [0.25, 0.3) is 0 Å². The van der Waals surface area contributed by atoms with Gasteiger partial charge < -0.3 is 5.32 Å². The van der Waals surface area contributed by atoms with Crippen LogP contribution in [0.4, 0.5) is 0 Å². The Morgan fingerprint density at radius 2 is 2.16 bits per heavy atom. The molecule has 0 aliphatic heterocycles. The molecule has 5 heteroatoms. The molecule has 0 aliphatic rings. The zero-order valence-corrected chi connectivity index (χ0v) is 12.2. The van der Waals surface area contributed by atoms with Crippen molar-refractivity contribution in [3.63, 3.8) is 0 Å². The molecule has 1 unspecified atom stereocenters. The van der Waals surface area contributed by atoms with Crippen molar-refractivity contribution in [1.82, 2.24) is 24.9 Å². The van der Waals surface area contributed by atoms with Gasteiger partial charge in [-0.25, -0.2) is 0 Å². The van der Waals surface area contributed by atoms with Gasteiger partial charge in [0.2, 0.25) is 0 Å². The molecule has 0 amide bonds. The van der Waals surface area contributed by atoms with Crippen molar-refractivity contribution >= 4 is 0 Å². The number of aromatic nitrogens is 4. The largest absolute Gasteiger partial charge is 0.310 e. The van der Waals surface area contributed by atoms with Crippen LogP contribution in [0.2, 0.25) is 0 Å². The van der Waals surface area contributed by atoms with Gasteiger partial charge in [0.1, 0.15) is 0 Å². The van der Waals surface area contributed by atoms with Gasteiger partial charge in [0.05, 0.1) is 11.9 Å². The number of hydrogen-bond acceptors (Lipinski definition) is 3. The molecule has 104 valence electrons. The summed E-state index contributed by atoms with van der Waals surface area (Å²) in [5.74, 6) is 0. The Balaban J connectivity index is 1.73. The van der Waals surface area contributed by atoms with Crippen LogP contribution in [0, 0.1) is 13.8 Å². The Morgan fingerprint density at radius 1 is 1.37 bits per heavy atom. The quantitative estimate of drug-likeness (QED) is 0.809. The lowest BCUT2D eigenvalue weighted by molar-refractivity contribution is 0.500. The molecule has 2 aromatic rings. The molecule has 1 N–H and O–H groups in total. The van der Waals surface area contributed by atoms with Crippen molar-refractivity contribution in [2.75, 3.05) is 6.54 Å². The van der Waals surface area contributed by atoms with E-state index >= 15 is 0 Å². The summed E-state index contributed by atoms with van der Waals surface area (Å²) in [6.45, 7) is 8.25. The van der Waals surface area contributed by atoms with Crippen LogP contribution in [0.3, 0.4) is 0 Å². The fourth-order valence-electron chi connectivity index (χ4n) is 2.23. The lowest BCUT2D eigenvalue weighted by Crippen LogP contribution is -2.21. The highest BCUT2D eigenvalue weighted by Gasteiger charge is 2.06. The monoisotopic (exact) mass is 261 g/mol. The van der Waals surface area contributed by atoms with E-state index < -0.39 is 0 Å². The molecule has 0 aromatic carbocycles. The van der Waals surface area contributed by atoms with Crippen LogP contribution in [0.1, 0.15) is 36.3 Å². The molecule has 2 aromatic heterocycles. The predicted octanol–water partition coefficient (Wildman–Crippen LogP) is 1.97. The summed E-state index contributed by atoms with van der Waals surface area (Å²) in [6.07, 6.45) is 5.05. The second kappa shape index (κ2) is 6.02. The van der Waals surface area contributed by atoms with Gasteiger partial charge in [-0.15, -0.1) is 0 Å². The molecule has 19 heavy (non-hydrogen) atoms. The van der Waals surface area contributed by atoms with Gasteiger partial charge >= 0.3 is 0 Å². The maximum absolute atomic E-state index is 4.46. The lowest BCUT2D eigenvalue weighted by atomic mass is 10.2. The smallest absolute Gasteiger partial charge is 0.0596 e. The summed E-state index contributed by atoms with van der Waals surface area (Å²) in [6, 6.07) is 2.46. The third kappa shape index (κ3) is 3.67. The van der Waals surface area contributed by atoms with E-state index in [2.05, 4.69) is 46.3 Å². The second-order valence-electron chi connectivity index (χ2n) is 5.13.